The fourth-order valence-electron chi connectivity index (χ4n) is 3.92. The highest BCUT2D eigenvalue weighted by Crippen LogP contribution is 2.26. The van der Waals surface area contributed by atoms with Crippen LogP contribution in [0.2, 0.25) is 0 Å². The van der Waals surface area contributed by atoms with Crippen LogP contribution in [-0.2, 0) is 11.3 Å². The Morgan fingerprint density at radius 1 is 1.30 bits per heavy atom. The zero-order valence-corrected chi connectivity index (χ0v) is 17.9. The maximum atomic E-state index is 13.3. The van der Waals surface area contributed by atoms with Gasteiger partial charge in [0.05, 0.1) is 5.69 Å². The van der Waals surface area contributed by atoms with E-state index in [0.29, 0.717) is 23.8 Å². The molecule has 8 nitrogen and oxygen atoms in total. The van der Waals surface area contributed by atoms with E-state index in [9.17, 15) is 14.7 Å². The van der Waals surface area contributed by atoms with Crippen LogP contribution in [0.1, 0.15) is 61.1 Å². The minimum absolute atomic E-state index is 0.0860. The second-order valence-corrected chi connectivity index (χ2v) is 8.80. The van der Waals surface area contributed by atoms with E-state index < -0.39 is 17.3 Å². The summed E-state index contributed by atoms with van der Waals surface area (Å²) in [7, 11) is 0. The van der Waals surface area contributed by atoms with Gasteiger partial charge in [0, 0.05) is 31.4 Å². The summed E-state index contributed by atoms with van der Waals surface area (Å²) < 4.78 is 8.34. The van der Waals surface area contributed by atoms with Crippen LogP contribution < -0.4 is 10.9 Å². The molecule has 0 unspecified atom stereocenters. The maximum Gasteiger partial charge on any atom is 0.270 e. The Morgan fingerprint density at radius 2 is 2.00 bits per heavy atom. The third kappa shape index (κ3) is 4.01. The highest BCUT2D eigenvalue weighted by atomic mass is 16.5. The van der Waals surface area contributed by atoms with E-state index in [-0.39, 0.29) is 17.5 Å². The number of amides is 1. The molecule has 0 atom stereocenters. The van der Waals surface area contributed by atoms with Crippen LogP contribution in [0.4, 0.5) is 0 Å². The first-order valence-corrected chi connectivity index (χ1v) is 10.8. The van der Waals surface area contributed by atoms with E-state index in [4.69, 9.17) is 4.74 Å². The Labute approximate surface area is 175 Å². The summed E-state index contributed by atoms with van der Waals surface area (Å²) in [6.07, 6.45) is 7.86. The molecule has 2 fully saturated rings. The number of ether oxygens (including phenoxy) is 1. The van der Waals surface area contributed by atoms with E-state index in [1.807, 2.05) is 26.8 Å². The van der Waals surface area contributed by atoms with Crippen molar-refractivity contribution in [3.8, 4) is 5.88 Å². The van der Waals surface area contributed by atoms with Crippen LogP contribution in [0.3, 0.4) is 0 Å². The van der Waals surface area contributed by atoms with Gasteiger partial charge in [0.2, 0.25) is 5.88 Å². The maximum absolute atomic E-state index is 13.3. The number of aryl methyl sites for hydroxylation is 1. The molecule has 8 heteroatoms. The average molecular weight is 415 g/mol. The summed E-state index contributed by atoms with van der Waals surface area (Å²) in [4.78, 5) is 26.0. The van der Waals surface area contributed by atoms with Crippen molar-refractivity contribution >= 4 is 17.6 Å². The number of rotatable bonds is 6. The molecular formula is C22H30N4O4. The van der Waals surface area contributed by atoms with E-state index in [0.717, 1.165) is 44.5 Å². The lowest BCUT2D eigenvalue weighted by Gasteiger charge is -2.18. The fraction of sp³-hybridized carbons (Fsp3) is 0.591. The van der Waals surface area contributed by atoms with Gasteiger partial charge in [0.25, 0.3) is 11.5 Å². The number of nitrogens with zero attached hydrogens (tertiary/aromatic N) is 3. The monoisotopic (exact) mass is 414 g/mol. The van der Waals surface area contributed by atoms with Gasteiger partial charge < -0.3 is 15.2 Å². The number of hydrogen-bond donors (Lipinski definition) is 2. The number of aromatic nitrogens is 3. The lowest BCUT2D eigenvalue weighted by Crippen LogP contribution is -2.36. The van der Waals surface area contributed by atoms with Crippen molar-refractivity contribution in [2.24, 2.45) is 11.8 Å². The molecule has 2 aromatic rings. The molecule has 1 saturated carbocycles. The molecule has 0 bridgehead atoms. The number of carbonyl (C=O) groups excluding carboxylic acids is 1. The largest absolute Gasteiger partial charge is 0.492 e. The van der Waals surface area contributed by atoms with Gasteiger partial charge >= 0.3 is 0 Å². The van der Waals surface area contributed by atoms with Gasteiger partial charge in [-0.05, 0) is 44.4 Å². The lowest BCUT2D eigenvalue weighted by atomic mass is 9.99. The van der Waals surface area contributed by atoms with Gasteiger partial charge in [0.15, 0.2) is 5.56 Å². The number of allylic oxidation sites excluding steroid dienone is 1. The number of fused-ring (bicyclic) bond motifs is 1. The Kier molecular flexibility index (Phi) is 5.69. The first-order chi connectivity index (χ1) is 14.4. The molecule has 1 saturated heterocycles. The number of carbonyl (C=O) groups is 1. The molecular weight excluding hydrogens is 384 g/mol. The summed E-state index contributed by atoms with van der Waals surface area (Å²) >= 11 is 0. The minimum Gasteiger partial charge on any atom is -0.492 e. The molecule has 4 rings (SSSR count). The highest BCUT2D eigenvalue weighted by Gasteiger charge is 2.30. The molecule has 1 aliphatic carbocycles. The van der Waals surface area contributed by atoms with Crippen LogP contribution in [0, 0.1) is 18.8 Å². The van der Waals surface area contributed by atoms with Crippen molar-refractivity contribution in [1.29, 1.82) is 0 Å². The molecule has 1 aliphatic heterocycles. The molecule has 3 heterocycles. The van der Waals surface area contributed by atoms with Gasteiger partial charge in [-0.3, -0.25) is 14.2 Å². The van der Waals surface area contributed by atoms with E-state index in [1.165, 1.54) is 4.52 Å². The molecule has 2 aromatic heterocycles. The molecule has 2 N–H and O–H groups in total. The molecule has 162 valence electrons. The minimum atomic E-state index is -0.535. The molecule has 0 spiro atoms. The van der Waals surface area contributed by atoms with Crippen molar-refractivity contribution in [1.82, 2.24) is 19.5 Å². The first-order valence-electron chi connectivity index (χ1n) is 10.8. The summed E-state index contributed by atoms with van der Waals surface area (Å²) in [5.74, 6) is -0.345. The highest BCUT2D eigenvalue weighted by molar-refractivity contribution is 5.96. The molecule has 1 amide bonds. The Morgan fingerprint density at radius 3 is 2.63 bits per heavy atom. The van der Waals surface area contributed by atoms with Crippen molar-refractivity contribution in [3.05, 3.63) is 33.3 Å². The van der Waals surface area contributed by atoms with Gasteiger partial charge in [-0.1, -0.05) is 26.0 Å². The zero-order valence-electron chi connectivity index (χ0n) is 17.9. The summed E-state index contributed by atoms with van der Waals surface area (Å²) in [5, 5.41) is 18.1. The van der Waals surface area contributed by atoms with E-state index >= 15 is 0 Å². The van der Waals surface area contributed by atoms with Crippen molar-refractivity contribution < 1.29 is 14.6 Å². The lowest BCUT2D eigenvalue weighted by molar-refractivity contribution is 0.0787. The van der Waals surface area contributed by atoms with Crippen molar-refractivity contribution in [2.45, 2.75) is 59.0 Å². The third-order valence-electron chi connectivity index (χ3n) is 5.71. The van der Waals surface area contributed by atoms with E-state index in [1.54, 1.807) is 4.57 Å². The SMILES string of the molecule is Cc1nn2c(O)c(C(=O)NC3CC3)c(=O)n(CC(C)C)c2c1C=CC1CCOCC1. The standard InChI is InChI=1S/C22H30N4O4/c1-13(2)12-25-20-17(7-4-15-8-10-30-11-9-15)14(3)24-26(20)22(29)18(21(25)28)19(27)23-16-5-6-16/h4,7,13,15-16,29H,5-6,8-12H2,1-3H3,(H,23,27). The van der Waals surface area contributed by atoms with Crippen molar-refractivity contribution in [3.63, 3.8) is 0 Å². The Balaban J connectivity index is 1.85. The third-order valence-corrected chi connectivity index (χ3v) is 5.71. The summed E-state index contributed by atoms with van der Waals surface area (Å²) in [6, 6.07) is 0.0860. The second-order valence-electron chi connectivity index (χ2n) is 8.80. The topological polar surface area (TPSA) is 97.9 Å². The van der Waals surface area contributed by atoms with Gasteiger partial charge in [-0.25, -0.2) is 0 Å². The number of hydrogen-bond acceptors (Lipinski definition) is 5. The Hall–Kier alpha value is -2.61. The normalized spacial score (nSPS) is 18.0. The summed E-state index contributed by atoms with van der Waals surface area (Å²) in [5.41, 5.74) is 1.30. The van der Waals surface area contributed by atoms with Crippen molar-refractivity contribution in [2.75, 3.05) is 13.2 Å². The quantitative estimate of drug-likeness (QED) is 0.757. The average Bonchev–Trinajstić information content (AvgIpc) is 3.45. The molecule has 30 heavy (non-hydrogen) atoms. The smallest absolute Gasteiger partial charge is 0.270 e. The van der Waals surface area contributed by atoms with Crippen LogP contribution in [0.15, 0.2) is 10.9 Å². The van der Waals surface area contributed by atoms with Crippen LogP contribution in [0.25, 0.3) is 11.7 Å². The van der Waals surface area contributed by atoms with Gasteiger partial charge in [0.1, 0.15) is 5.65 Å². The predicted octanol–water partition coefficient (Wildman–Crippen LogP) is 2.50. The number of aromatic hydroxyl groups is 1. The fourth-order valence-corrected chi connectivity index (χ4v) is 3.92. The number of nitrogens with one attached hydrogen (secondary N) is 1. The van der Waals surface area contributed by atoms with Crippen LogP contribution in [-0.4, -0.2) is 44.5 Å². The molecule has 0 radical (unpaired) electrons. The molecule has 2 aliphatic rings. The summed E-state index contributed by atoms with van der Waals surface area (Å²) in [6.45, 7) is 7.81. The second kappa shape index (κ2) is 8.26. The zero-order chi connectivity index (χ0) is 21.4. The van der Waals surface area contributed by atoms with Gasteiger partial charge in [-0.15, -0.1) is 0 Å². The first kappa shape index (κ1) is 20.7. The Bertz CT molecular complexity index is 1040. The van der Waals surface area contributed by atoms with Gasteiger partial charge in [-0.2, -0.15) is 9.61 Å². The predicted molar refractivity (Wildman–Crippen MR) is 114 cm³/mol. The van der Waals surface area contributed by atoms with Crippen LogP contribution >= 0.6 is 0 Å². The molecule has 0 aromatic carbocycles. The van der Waals surface area contributed by atoms with Crippen LogP contribution in [0.5, 0.6) is 5.88 Å². The van der Waals surface area contributed by atoms with E-state index in [2.05, 4.69) is 16.5 Å².